The van der Waals surface area contributed by atoms with Crippen LogP contribution in [0.3, 0.4) is 0 Å². The molecule has 8 rings (SSSR count). The Bertz CT molecular complexity index is 2250. The molecule has 0 radical (unpaired) electrons. The Morgan fingerprint density at radius 2 is 1.47 bits per heavy atom. The average molecular weight is 617 g/mol. The highest BCUT2D eigenvalue weighted by molar-refractivity contribution is 8.03. The van der Waals surface area contributed by atoms with E-state index in [0.29, 0.717) is 0 Å². The second kappa shape index (κ2) is 11.3. The maximum atomic E-state index is 4.54. The van der Waals surface area contributed by atoms with E-state index in [-0.39, 0.29) is 0 Å². The van der Waals surface area contributed by atoms with Crippen molar-refractivity contribution < 1.29 is 0 Å². The highest BCUT2D eigenvalue weighted by Gasteiger charge is 2.21. The van der Waals surface area contributed by atoms with Gasteiger partial charge in [-0.2, -0.15) is 0 Å². The number of nitrogens with one attached hydrogen (secondary N) is 1. The molecular weight excluding hydrogens is 589 g/mol. The molecule has 0 bridgehead atoms. The van der Waals surface area contributed by atoms with E-state index in [1.165, 1.54) is 10.8 Å². The van der Waals surface area contributed by atoms with E-state index in [1.54, 1.807) is 23.3 Å². The lowest BCUT2D eigenvalue weighted by atomic mass is 9.91. The van der Waals surface area contributed by atoms with Crippen LogP contribution >= 0.6 is 23.3 Å². The van der Waals surface area contributed by atoms with Crippen molar-refractivity contribution in [1.82, 2.24) is 15.0 Å². The van der Waals surface area contributed by atoms with E-state index >= 15 is 0 Å². The minimum Gasteiger partial charge on any atom is -0.309 e. The van der Waals surface area contributed by atoms with Crippen molar-refractivity contribution in [2.45, 2.75) is 0 Å². The minimum atomic E-state index is 1.02. The van der Waals surface area contributed by atoms with Gasteiger partial charge < -0.3 is 4.57 Å². The molecule has 1 N–H and O–H groups in total. The number of anilines is 1. The maximum absolute atomic E-state index is 4.54. The van der Waals surface area contributed by atoms with E-state index < -0.39 is 0 Å². The lowest BCUT2D eigenvalue weighted by Crippen LogP contribution is -2.22. The third-order valence-corrected chi connectivity index (χ3v) is 9.86. The van der Waals surface area contributed by atoms with Crippen LogP contribution in [-0.4, -0.2) is 9.55 Å². The Morgan fingerprint density at radius 3 is 2.24 bits per heavy atom. The summed E-state index contributed by atoms with van der Waals surface area (Å²) < 4.78 is 4.43. The van der Waals surface area contributed by atoms with E-state index in [1.807, 2.05) is 35.3 Å². The van der Waals surface area contributed by atoms with Crippen molar-refractivity contribution in [2.75, 3.05) is 4.41 Å². The molecule has 45 heavy (non-hydrogen) atoms. The van der Waals surface area contributed by atoms with Crippen LogP contribution in [0.25, 0.3) is 72.5 Å². The molecule has 0 fully saturated rings. The van der Waals surface area contributed by atoms with Crippen molar-refractivity contribution in [2.24, 2.45) is 0 Å². The fraction of sp³-hybridized carbons (Fsp3) is 0. The highest BCUT2D eigenvalue weighted by atomic mass is 32.2. The quantitative estimate of drug-likeness (QED) is 0.181. The number of hydrazine groups is 1. The van der Waals surface area contributed by atoms with Crippen LogP contribution in [-0.2, 0) is 0 Å². The van der Waals surface area contributed by atoms with Crippen LogP contribution in [0.5, 0.6) is 0 Å². The lowest BCUT2D eigenvalue weighted by molar-refractivity contribution is 0.982. The fourth-order valence-corrected chi connectivity index (χ4v) is 7.52. The molecule has 0 amide bonds. The zero-order valence-electron chi connectivity index (χ0n) is 24.4. The smallest absolute Gasteiger partial charge is 0.123 e. The first-order valence-corrected chi connectivity index (χ1v) is 16.4. The topological polar surface area (TPSA) is 33.1 Å². The highest BCUT2D eigenvalue weighted by Crippen LogP contribution is 2.43. The third-order valence-electron chi connectivity index (χ3n) is 8.25. The summed E-state index contributed by atoms with van der Waals surface area (Å²) in [6.07, 6.45) is 7.74. The standard InChI is InChI=1S/C39H28N4S2/c1-3-32-33(4-2)38-34-17-16-27(26-10-8-12-29(22-26)39-40-18-20-44-39)24-36(34)42(30-13-6-5-7-14-30)37(38)25-35(32)28-11-9-15-31(23-28)43-41-19-21-45-43/h3-25,41H,1-2H2. The number of thiazole rings is 1. The second-order valence-corrected chi connectivity index (χ2v) is 12.5. The number of para-hydroxylation sites is 1. The molecule has 5 aromatic carbocycles. The first-order chi connectivity index (χ1) is 22.2. The number of fused-ring (bicyclic) bond motifs is 3. The van der Waals surface area contributed by atoms with Gasteiger partial charge >= 0.3 is 0 Å². The molecule has 4 nitrogen and oxygen atoms in total. The summed E-state index contributed by atoms with van der Waals surface area (Å²) in [5, 5.41) is 7.42. The Labute approximate surface area is 270 Å². The van der Waals surface area contributed by atoms with Gasteiger partial charge in [-0.05, 0) is 75.8 Å². The average Bonchev–Trinajstić information content (AvgIpc) is 3.89. The van der Waals surface area contributed by atoms with Crippen LogP contribution in [0.2, 0.25) is 0 Å². The van der Waals surface area contributed by atoms with Gasteiger partial charge in [0, 0.05) is 57.2 Å². The van der Waals surface area contributed by atoms with Crippen molar-refractivity contribution in [3.8, 4) is 38.5 Å². The predicted octanol–water partition coefficient (Wildman–Crippen LogP) is 11.0. The van der Waals surface area contributed by atoms with Crippen LogP contribution in [0.1, 0.15) is 11.1 Å². The molecule has 216 valence electrons. The van der Waals surface area contributed by atoms with Gasteiger partial charge in [0.15, 0.2) is 0 Å². The number of nitrogens with zero attached hydrogens (tertiary/aromatic N) is 3. The van der Waals surface area contributed by atoms with Gasteiger partial charge in [0.1, 0.15) is 5.01 Å². The van der Waals surface area contributed by atoms with Crippen LogP contribution in [0, 0.1) is 0 Å². The molecule has 0 saturated carbocycles. The molecule has 0 aliphatic carbocycles. The summed E-state index contributed by atoms with van der Waals surface area (Å²) in [7, 11) is 0. The number of aromatic nitrogens is 2. The minimum absolute atomic E-state index is 1.02. The van der Waals surface area contributed by atoms with Gasteiger partial charge in [-0.15, -0.1) is 11.3 Å². The van der Waals surface area contributed by atoms with Gasteiger partial charge in [-0.25, -0.2) is 9.40 Å². The third kappa shape index (κ3) is 4.67. The molecular formula is C39H28N4S2. The molecule has 0 spiro atoms. The number of hydrogen-bond donors (Lipinski definition) is 1. The van der Waals surface area contributed by atoms with Crippen molar-refractivity contribution in [1.29, 1.82) is 0 Å². The summed E-state index contributed by atoms with van der Waals surface area (Å²) in [6, 6.07) is 37.0. The first-order valence-electron chi connectivity index (χ1n) is 14.7. The van der Waals surface area contributed by atoms with E-state index in [2.05, 4.69) is 136 Å². The Hall–Kier alpha value is -5.30. The summed E-state index contributed by atoms with van der Waals surface area (Å²) >= 11 is 3.28. The normalized spacial score (nSPS) is 12.6. The molecule has 2 aromatic heterocycles. The van der Waals surface area contributed by atoms with E-state index in [0.717, 1.165) is 66.4 Å². The summed E-state index contributed by atoms with van der Waals surface area (Å²) in [5.74, 6) is 0. The number of hydrogen-bond acceptors (Lipinski definition) is 5. The molecule has 0 unspecified atom stereocenters. The van der Waals surface area contributed by atoms with Crippen molar-refractivity contribution >= 4 is 62.9 Å². The Kier molecular flexibility index (Phi) is 6.86. The molecule has 1 aliphatic rings. The van der Waals surface area contributed by atoms with Gasteiger partial charge in [0.2, 0.25) is 0 Å². The first kappa shape index (κ1) is 27.3. The van der Waals surface area contributed by atoms with Crippen LogP contribution in [0.15, 0.2) is 139 Å². The SMILES string of the molecule is C=Cc1c(-c2cccc(N3NC=CS3)c2)cc2c(c1C=C)c1ccc(-c3cccc(-c4nccs4)c3)cc1n2-c1ccccc1. The zero-order valence-corrected chi connectivity index (χ0v) is 26.0. The van der Waals surface area contributed by atoms with E-state index in [4.69, 9.17) is 0 Å². The summed E-state index contributed by atoms with van der Waals surface area (Å²) in [5.41, 5.74) is 15.6. The monoisotopic (exact) mass is 616 g/mol. The lowest BCUT2D eigenvalue weighted by Gasteiger charge is -2.19. The van der Waals surface area contributed by atoms with Gasteiger partial charge in [-0.1, -0.05) is 86.0 Å². The van der Waals surface area contributed by atoms with Crippen molar-refractivity contribution in [3.05, 3.63) is 151 Å². The Balaban J connectivity index is 1.40. The van der Waals surface area contributed by atoms with Gasteiger partial charge in [0.05, 0.1) is 16.7 Å². The molecule has 0 saturated heterocycles. The maximum Gasteiger partial charge on any atom is 0.123 e. The zero-order chi connectivity index (χ0) is 30.3. The number of rotatable bonds is 7. The predicted molar refractivity (Wildman–Crippen MR) is 195 cm³/mol. The summed E-state index contributed by atoms with van der Waals surface area (Å²) in [6.45, 7) is 8.57. The number of benzene rings is 5. The summed E-state index contributed by atoms with van der Waals surface area (Å²) in [4.78, 5) is 4.54. The van der Waals surface area contributed by atoms with Crippen molar-refractivity contribution in [3.63, 3.8) is 0 Å². The molecule has 1 aliphatic heterocycles. The van der Waals surface area contributed by atoms with Crippen LogP contribution < -0.4 is 9.84 Å². The van der Waals surface area contributed by atoms with Crippen LogP contribution in [0.4, 0.5) is 5.69 Å². The molecule has 7 aromatic rings. The van der Waals surface area contributed by atoms with Gasteiger partial charge in [-0.3, -0.25) is 5.43 Å². The second-order valence-electron chi connectivity index (χ2n) is 10.8. The largest absolute Gasteiger partial charge is 0.309 e. The van der Waals surface area contributed by atoms with E-state index in [9.17, 15) is 0 Å². The molecule has 3 heterocycles. The van der Waals surface area contributed by atoms with Gasteiger partial charge in [0.25, 0.3) is 0 Å². The fourth-order valence-electron chi connectivity index (χ4n) is 6.28. The Morgan fingerprint density at radius 1 is 0.689 bits per heavy atom. The molecule has 0 atom stereocenters. The molecule has 6 heteroatoms.